The lowest BCUT2D eigenvalue weighted by Gasteiger charge is -2.45. The van der Waals surface area contributed by atoms with Gasteiger partial charge in [-0.1, -0.05) is 74.5 Å². The highest BCUT2D eigenvalue weighted by Crippen LogP contribution is 2.36. The third-order valence-electron chi connectivity index (χ3n) is 5.97. The minimum absolute atomic E-state index is 0.0994. The van der Waals surface area contributed by atoms with Gasteiger partial charge in [-0.15, -0.1) is 0 Å². The minimum atomic E-state index is 0.0994. The molecule has 0 spiro atoms. The Hall–Kier alpha value is -2.13. The zero-order valence-electron chi connectivity index (χ0n) is 15.7. The molecule has 136 valence electrons. The summed E-state index contributed by atoms with van der Waals surface area (Å²) in [6.07, 6.45) is 0. The largest absolute Gasteiger partial charge is 0.341 e. The van der Waals surface area contributed by atoms with Gasteiger partial charge in [0.05, 0.1) is 0 Å². The molecule has 0 N–H and O–H groups in total. The first kappa shape index (κ1) is 17.3. The van der Waals surface area contributed by atoms with Gasteiger partial charge in [0, 0.05) is 50.0 Å². The van der Waals surface area contributed by atoms with Crippen LogP contribution in [-0.2, 0) is 4.79 Å². The maximum absolute atomic E-state index is 12.3. The van der Waals surface area contributed by atoms with Gasteiger partial charge >= 0.3 is 0 Å². The van der Waals surface area contributed by atoms with E-state index in [4.69, 9.17) is 0 Å². The van der Waals surface area contributed by atoms with E-state index in [1.54, 1.807) is 0 Å². The maximum Gasteiger partial charge on any atom is 0.225 e. The second-order valence-electron chi connectivity index (χ2n) is 8.05. The van der Waals surface area contributed by atoms with Gasteiger partial charge in [-0.05, 0) is 11.1 Å². The van der Waals surface area contributed by atoms with Gasteiger partial charge < -0.3 is 4.90 Å². The molecule has 2 aliphatic rings. The average molecular weight is 348 g/mol. The zero-order valence-corrected chi connectivity index (χ0v) is 15.7. The van der Waals surface area contributed by atoms with Crippen LogP contribution in [0, 0.1) is 11.8 Å². The van der Waals surface area contributed by atoms with Crippen molar-refractivity contribution in [3.8, 4) is 0 Å². The van der Waals surface area contributed by atoms with Crippen molar-refractivity contribution in [1.82, 2.24) is 9.80 Å². The maximum atomic E-state index is 12.3. The molecule has 2 aliphatic heterocycles. The predicted octanol–water partition coefficient (Wildman–Crippen LogP) is 3.62. The van der Waals surface area contributed by atoms with Crippen molar-refractivity contribution in [2.24, 2.45) is 11.8 Å². The van der Waals surface area contributed by atoms with Crippen LogP contribution in [0.1, 0.15) is 30.9 Å². The number of carbonyl (C=O) groups excluding carboxylic acids is 1. The molecule has 26 heavy (non-hydrogen) atoms. The van der Waals surface area contributed by atoms with Crippen molar-refractivity contribution in [1.29, 1.82) is 0 Å². The van der Waals surface area contributed by atoms with Crippen LogP contribution in [0.2, 0.25) is 0 Å². The zero-order chi connectivity index (χ0) is 18.1. The molecule has 3 heteroatoms. The fraction of sp³-hybridized carbons (Fsp3) is 0.435. The van der Waals surface area contributed by atoms with Crippen LogP contribution in [0.4, 0.5) is 0 Å². The van der Waals surface area contributed by atoms with E-state index in [1.165, 1.54) is 11.1 Å². The van der Waals surface area contributed by atoms with Gasteiger partial charge in [0.1, 0.15) is 0 Å². The van der Waals surface area contributed by atoms with Crippen LogP contribution in [0.15, 0.2) is 60.7 Å². The monoisotopic (exact) mass is 348 g/mol. The van der Waals surface area contributed by atoms with E-state index in [1.807, 2.05) is 13.8 Å². The van der Waals surface area contributed by atoms with Gasteiger partial charge in [0.2, 0.25) is 5.91 Å². The number of carbonyl (C=O) groups is 1. The summed E-state index contributed by atoms with van der Waals surface area (Å²) in [5.41, 5.74) is 2.74. The molecule has 0 bridgehead atoms. The fourth-order valence-corrected chi connectivity index (χ4v) is 4.51. The first-order valence-electron chi connectivity index (χ1n) is 9.76. The van der Waals surface area contributed by atoms with E-state index in [-0.39, 0.29) is 5.92 Å². The number of hydrogen-bond donors (Lipinski definition) is 0. The van der Waals surface area contributed by atoms with Gasteiger partial charge in [-0.3, -0.25) is 9.69 Å². The fourth-order valence-electron chi connectivity index (χ4n) is 4.51. The third kappa shape index (κ3) is 3.28. The predicted molar refractivity (Wildman–Crippen MR) is 105 cm³/mol. The first-order valence-corrected chi connectivity index (χ1v) is 9.76. The highest BCUT2D eigenvalue weighted by molar-refractivity contribution is 5.78. The number of likely N-dealkylation sites (tertiary alicyclic amines) is 2. The SMILES string of the molecule is CC(C)C(=O)N1CC2CN(CC(c3ccccc3)c3ccccc3)C2C1. The third-order valence-corrected chi connectivity index (χ3v) is 5.97. The smallest absolute Gasteiger partial charge is 0.225 e. The number of fused-ring (bicyclic) bond motifs is 1. The molecule has 2 aromatic carbocycles. The Morgan fingerprint density at radius 2 is 1.50 bits per heavy atom. The van der Waals surface area contributed by atoms with Crippen molar-refractivity contribution < 1.29 is 4.79 Å². The Labute approximate surface area is 156 Å². The Morgan fingerprint density at radius 1 is 0.923 bits per heavy atom. The molecule has 0 aromatic heterocycles. The van der Waals surface area contributed by atoms with Crippen LogP contribution < -0.4 is 0 Å². The van der Waals surface area contributed by atoms with E-state index in [0.717, 1.165) is 26.2 Å². The standard InChI is InChI=1S/C23H28N2O/c1-17(2)23(26)25-14-20-13-24(22(20)16-25)15-21(18-9-5-3-6-10-18)19-11-7-4-8-12-19/h3-12,17,20-22H,13-16H2,1-2H3. The summed E-state index contributed by atoms with van der Waals surface area (Å²) < 4.78 is 0. The Kier molecular flexibility index (Phi) is 4.82. The molecule has 1 amide bonds. The number of hydrogen-bond acceptors (Lipinski definition) is 2. The van der Waals surface area contributed by atoms with E-state index < -0.39 is 0 Å². The lowest BCUT2D eigenvalue weighted by Crippen LogP contribution is -2.56. The summed E-state index contributed by atoms with van der Waals surface area (Å²) in [5.74, 6) is 1.45. The molecule has 2 aromatic rings. The Bertz CT molecular complexity index is 704. The number of rotatable bonds is 5. The average Bonchev–Trinajstić information content (AvgIpc) is 3.00. The van der Waals surface area contributed by atoms with Crippen molar-refractivity contribution in [3.63, 3.8) is 0 Å². The van der Waals surface area contributed by atoms with Crippen molar-refractivity contribution >= 4 is 5.91 Å². The van der Waals surface area contributed by atoms with Crippen LogP contribution in [0.3, 0.4) is 0 Å². The molecule has 2 atom stereocenters. The number of benzene rings is 2. The van der Waals surface area contributed by atoms with Gasteiger partial charge in [0.25, 0.3) is 0 Å². The van der Waals surface area contributed by atoms with Crippen molar-refractivity contribution in [3.05, 3.63) is 71.8 Å². The lowest BCUT2D eigenvalue weighted by molar-refractivity contribution is -0.133. The summed E-state index contributed by atoms with van der Waals surface area (Å²) in [6.45, 7) is 7.99. The number of amides is 1. The summed E-state index contributed by atoms with van der Waals surface area (Å²) in [6, 6.07) is 22.1. The van der Waals surface area contributed by atoms with Crippen LogP contribution in [0.25, 0.3) is 0 Å². The quantitative estimate of drug-likeness (QED) is 0.824. The summed E-state index contributed by atoms with van der Waals surface area (Å²) in [5, 5.41) is 0. The van der Waals surface area contributed by atoms with E-state index >= 15 is 0 Å². The molecule has 4 rings (SSSR count). The number of nitrogens with zero attached hydrogens (tertiary/aromatic N) is 2. The van der Waals surface area contributed by atoms with Crippen LogP contribution in [0.5, 0.6) is 0 Å². The molecular formula is C23H28N2O. The van der Waals surface area contributed by atoms with Gasteiger partial charge in [-0.2, -0.15) is 0 Å². The molecule has 0 saturated carbocycles. The first-order chi connectivity index (χ1) is 12.6. The Balaban J connectivity index is 1.49. The summed E-state index contributed by atoms with van der Waals surface area (Å²) in [4.78, 5) is 17.0. The van der Waals surface area contributed by atoms with Crippen molar-refractivity contribution in [2.75, 3.05) is 26.2 Å². The van der Waals surface area contributed by atoms with Gasteiger partial charge in [-0.25, -0.2) is 0 Å². The highest BCUT2D eigenvalue weighted by Gasteiger charge is 2.47. The van der Waals surface area contributed by atoms with E-state index in [2.05, 4.69) is 70.5 Å². The molecule has 2 fully saturated rings. The van der Waals surface area contributed by atoms with E-state index in [0.29, 0.717) is 23.8 Å². The second kappa shape index (κ2) is 7.24. The molecule has 2 unspecified atom stereocenters. The molecule has 2 heterocycles. The van der Waals surface area contributed by atoms with Crippen molar-refractivity contribution in [2.45, 2.75) is 25.8 Å². The van der Waals surface area contributed by atoms with E-state index in [9.17, 15) is 4.79 Å². The normalized spacial score (nSPS) is 22.5. The topological polar surface area (TPSA) is 23.6 Å². The van der Waals surface area contributed by atoms with Crippen LogP contribution in [-0.4, -0.2) is 47.9 Å². The Morgan fingerprint density at radius 3 is 2.04 bits per heavy atom. The minimum Gasteiger partial charge on any atom is -0.341 e. The molecular weight excluding hydrogens is 320 g/mol. The highest BCUT2D eigenvalue weighted by atomic mass is 16.2. The van der Waals surface area contributed by atoms with Gasteiger partial charge in [0.15, 0.2) is 0 Å². The lowest BCUT2D eigenvalue weighted by atomic mass is 9.86. The molecule has 3 nitrogen and oxygen atoms in total. The van der Waals surface area contributed by atoms with Crippen LogP contribution >= 0.6 is 0 Å². The second-order valence-corrected chi connectivity index (χ2v) is 8.05. The molecule has 0 aliphatic carbocycles. The summed E-state index contributed by atoms with van der Waals surface area (Å²) >= 11 is 0. The molecule has 2 saturated heterocycles. The summed E-state index contributed by atoms with van der Waals surface area (Å²) in [7, 11) is 0. The molecule has 0 radical (unpaired) electrons.